The Bertz CT molecular complexity index is 1000. The van der Waals surface area contributed by atoms with Gasteiger partial charge in [-0.1, -0.05) is 12.8 Å². The molecule has 0 unspecified atom stereocenters. The van der Waals surface area contributed by atoms with E-state index in [1.54, 1.807) is 19.3 Å². The number of hydrogen-bond acceptors (Lipinski definition) is 5. The Morgan fingerprint density at radius 2 is 1.75 bits per heavy atom. The number of carbonyl (C=O) groups is 2. The Morgan fingerprint density at radius 3 is 2.50 bits per heavy atom. The minimum atomic E-state index is 0.0762. The zero-order valence-electron chi connectivity index (χ0n) is 18.8. The minimum absolute atomic E-state index is 0.0762. The molecule has 0 aromatic carbocycles. The van der Waals surface area contributed by atoms with Crippen molar-refractivity contribution in [3.05, 3.63) is 41.6 Å². The van der Waals surface area contributed by atoms with E-state index in [0.29, 0.717) is 25.5 Å². The van der Waals surface area contributed by atoms with E-state index in [4.69, 9.17) is 9.97 Å². The first-order chi connectivity index (χ1) is 15.6. The van der Waals surface area contributed by atoms with E-state index in [9.17, 15) is 9.59 Å². The summed E-state index contributed by atoms with van der Waals surface area (Å²) in [6.45, 7) is 4.36. The van der Waals surface area contributed by atoms with Gasteiger partial charge in [-0.2, -0.15) is 0 Å². The molecular formula is C25H31N5O2. The summed E-state index contributed by atoms with van der Waals surface area (Å²) >= 11 is 0. The van der Waals surface area contributed by atoms with E-state index in [-0.39, 0.29) is 17.7 Å². The average Bonchev–Trinajstić information content (AvgIpc) is 3.38. The van der Waals surface area contributed by atoms with Gasteiger partial charge in [-0.3, -0.25) is 14.6 Å². The van der Waals surface area contributed by atoms with Gasteiger partial charge in [-0.15, -0.1) is 0 Å². The van der Waals surface area contributed by atoms with Crippen LogP contribution in [0.15, 0.2) is 24.5 Å². The maximum atomic E-state index is 13.1. The second-order valence-electron chi connectivity index (χ2n) is 9.39. The van der Waals surface area contributed by atoms with Crippen LogP contribution < -0.4 is 0 Å². The number of likely N-dealkylation sites (tertiary alicyclic amines) is 1. The lowest BCUT2D eigenvalue weighted by molar-refractivity contribution is -0.136. The van der Waals surface area contributed by atoms with Crippen molar-refractivity contribution in [3.8, 4) is 11.3 Å². The molecule has 2 aromatic rings. The molecule has 0 N–H and O–H groups in total. The first-order valence-corrected chi connectivity index (χ1v) is 11.9. The van der Waals surface area contributed by atoms with Gasteiger partial charge < -0.3 is 9.80 Å². The first kappa shape index (κ1) is 21.0. The van der Waals surface area contributed by atoms with Gasteiger partial charge in [0.05, 0.1) is 17.9 Å². The molecule has 2 aliphatic heterocycles. The number of rotatable bonds is 3. The molecule has 5 rings (SSSR count). The fraction of sp³-hybridized carbons (Fsp3) is 0.560. The molecule has 2 aromatic heterocycles. The maximum absolute atomic E-state index is 13.1. The van der Waals surface area contributed by atoms with Crippen molar-refractivity contribution in [2.45, 2.75) is 64.3 Å². The van der Waals surface area contributed by atoms with Crippen LogP contribution >= 0.6 is 0 Å². The summed E-state index contributed by atoms with van der Waals surface area (Å²) in [7, 11) is 0. The molecule has 4 heterocycles. The molecular weight excluding hydrogens is 402 g/mol. The average molecular weight is 434 g/mol. The van der Waals surface area contributed by atoms with E-state index in [0.717, 1.165) is 67.0 Å². The highest BCUT2D eigenvalue weighted by Crippen LogP contribution is 2.34. The summed E-state index contributed by atoms with van der Waals surface area (Å²) in [5, 5.41) is 0. The predicted molar refractivity (Wildman–Crippen MR) is 121 cm³/mol. The van der Waals surface area contributed by atoms with Crippen molar-refractivity contribution in [2.24, 2.45) is 5.92 Å². The molecule has 3 aliphatic rings. The molecule has 2 amide bonds. The summed E-state index contributed by atoms with van der Waals surface area (Å²) < 4.78 is 0. The van der Waals surface area contributed by atoms with Crippen LogP contribution in [0, 0.1) is 5.92 Å². The normalized spacial score (nSPS) is 21.5. The molecule has 7 nitrogen and oxygen atoms in total. The van der Waals surface area contributed by atoms with Crippen LogP contribution in [0.5, 0.6) is 0 Å². The third-order valence-electron chi connectivity index (χ3n) is 7.28. The lowest BCUT2D eigenvalue weighted by Gasteiger charge is -2.35. The molecule has 1 saturated heterocycles. The number of pyridine rings is 1. The largest absolute Gasteiger partial charge is 0.342 e. The van der Waals surface area contributed by atoms with Gasteiger partial charge in [0.15, 0.2) is 0 Å². The summed E-state index contributed by atoms with van der Waals surface area (Å²) in [6.07, 6.45) is 10.7. The lowest BCUT2D eigenvalue weighted by Crippen LogP contribution is -2.42. The summed E-state index contributed by atoms with van der Waals surface area (Å²) in [4.78, 5) is 43.2. The molecule has 32 heavy (non-hydrogen) atoms. The fourth-order valence-corrected chi connectivity index (χ4v) is 5.47. The van der Waals surface area contributed by atoms with E-state index >= 15 is 0 Å². The molecule has 0 bridgehead atoms. The number of fused-ring (bicyclic) bond motifs is 1. The van der Waals surface area contributed by atoms with Gasteiger partial charge in [0, 0.05) is 61.9 Å². The van der Waals surface area contributed by atoms with Gasteiger partial charge in [-0.05, 0) is 44.2 Å². The minimum Gasteiger partial charge on any atom is -0.342 e. The quantitative estimate of drug-likeness (QED) is 0.742. The van der Waals surface area contributed by atoms with Crippen LogP contribution in [0.3, 0.4) is 0 Å². The zero-order valence-corrected chi connectivity index (χ0v) is 18.8. The van der Waals surface area contributed by atoms with Crippen LogP contribution in [0.25, 0.3) is 11.3 Å². The Morgan fingerprint density at radius 1 is 0.969 bits per heavy atom. The molecule has 1 atom stereocenters. The van der Waals surface area contributed by atoms with Gasteiger partial charge in [0.25, 0.3) is 0 Å². The Hall–Kier alpha value is -2.83. The zero-order chi connectivity index (χ0) is 22.1. The Balaban J connectivity index is 1.47. The molecule has 1 aliphatic carbocycles. The Labute approximate surface area is 189 Å². The van der Waals surface area contributed by atoms with E-state index in [2.05, 4.69) is 9.88 Å². The lowest BCUT2D eigenvalue weighted by atomic mass is 9.93. The van der Waals surface area contributed by atoms with Gasteiger partial charge in [0.1, 0.15) is 5.82 Å². The summed E-state index contributed by atoms with van der Waals surface area (Å²) in [6, 6.07) is 3.97. The van der Waals surface area contributed by atoms with E-state index < -0.39 is 0 Å². The molecule has 7 heteroatoms. The highest BCUT2D eigenvalue weighted by atomic mass is 16.2. The van der Waals surface area contributed by atoms with Crippen LogP contribution in [-0.4, -0.2) is 56.2 Å². The van der Waals surface area contributed by atoms with Crippen molar-refractivity contribution in [3.63, 3.8) is 0 Å². The predicted octanol–water partition coefficient (Wildman–Crippen LogP) is 3.34. The summed E-state index contributed by atoms with van der Waals surface area (Å²) in [5.41, 5.74) is 4.07. The second kappa shape index (κ2) is 8.96. The number of piperidine rings is 1. The monoisotopic (exact) mass is 433 g/mol. The van der Waals surface area contributed by atoms with Gasteiger partial charge in [-0.25, -0.2) is 9.97 Å². The Kier molecular flexibility index (Phi) is 5.89. The van der Waals surface area contributed by atoms with Crippen molar-refractivity contribution >= 4 is 11.8 Å². The van der Waals surface area contributed by atoms with Crippen molar-refractivity contribution < 1.29 is 9.59 Å². The van der Waals surface area contributed by atoms with Crippen molar-refractivity contribution in [2.75, 3.05) is 19.6 Å². The standard InChI is InChI=1S/C25H31N5O2/c1-17(31)29-14-10-21-22(16-29)27-24(28-23(21)18-8-11-26-12-9-18)20-7-4-13-30(15-20)25(32)19-5-2-3-6-19/h8-9,11-12,19-20H,2-7,10,13-16H2,1H3/t20-/m1/s1. The number of carbonyl (C=O) groups excluding carboxylic acids is 2. The third-order valence-corrected chi connectivity index (χ3v) is 7.28. The molecule has 168 valence electrons. The van der Waals surface area contributed by atoms with Crippen LogP contribution in [-0.2, 0) is 22.6 Å². The molecule has 0 spiro atoms. The van der Waals surface area contributed by atoms with Crippen molar-refractivity contribution in [1.29, 1.82) is 0 Å². The third kappa shape index (κ3) is 4.12. The first-order valence-electron chi connectivity index (χ1n) is 11.9. The van der Waals surface area contributed by atoms with Crippen LogP contribution in [0.4, 0.5) is 0 Å². The molecule has 1 saturated carbocycles. The highest BCUT2D eigenvalue weighted by molar-refractivity contribution is 5.79. The fourth-order valence-electron chi connectivity index (χ4n) is 5.47. The van der Waals surface area contributed by atoms with Crippen LogP contribution in [0.1, 0.15) is 68.4 Å². The topological polar surface area (TPSA) is 79.3 Å². The van der Waals surface area contributed by atoms with E-state index in [1.165, 1.54) is 12.8 Å². The maximum Gasteiger partial charge on any atom is 0.225 e. The second-order valence-corrected chi connectivity index (χ2v) is 9.39. The summed E-state index contributed by atoms with van der Waals surface area (Å²) in [5.74, 6) is 1.54. The number of aromatic nitrogens is 3. The SMILES string of the molecule is CC(=O)N1CCc2c(nc([C@@H]3CCCN(C(=O)C4CCCC4)C3)nc2-c2ccncc2)C1. The molecule has 0 radical (unpaired) electrons. The molecule has 2 fully saturated rings. The highest BCUT2D eigenvalue weighted by Gasteiger charge is 2.33. The smallest absolute Gasteiger partial charge is 0.225 e. The number of nitrogens with zero attached hydrogens (tertiary/aromatic N) is 5. The van der Waals surface area contributed by atoms with Gasteiger partial charge >= 0.3 is 0 Å². The van der Waals surface area contributed by atoms with Crippen LogP contribution in [0.2, 0.25) is 0 Å². The van der Waals surface area contributed by atoms with Gasteiger partial charge in [0.2, 0.25) is 11.8 Å². The van der Waals surface area contributed by atoms with Crippen molar-refractivity contribution in [1.82, 2.24) is 24.8 Å². The number of hydrogen-bond donors (Lipinski definition) is 0. The van der Waals surface area contributed by atoms with E-state index in [1.807, 2.05) is 17.0 Å². The number of amides is 2.